The van der Waals surface area contributed by atoms with Crippen LogP contribution in [0, 0.1) is 0 Å². The van der Waals surface area contributed by atoms with Gasteiger partial charge in [0, 0.05) is 18.0 Å². The van der Waals surface area contributed by atoms with Gasteiger partial charge in [-0.2, -0.15) is 0 Å². The molecule has 0 atom stereocenters. The van der Waals surface area contributed by atoms with Crippen molar-refractivity contribution in [3.63, 3.8) is 0 Å². The van der Waals surface area contributed by atoms with Gasteiger partial charge in [0.05, 0.1) is 12.0 Å². The van der Waals surface area contributed by atoms with Crippen molar-refractivity contribution in [2.45, 2.75) is 4.90 Å². The number of hydrogen-bond acceptors (Lipinski definition) is 4. The van der Waals surface area contributed by atoms with Crippen molar-refractivity contribution in [3.05, 3.63) is 42.5 Å². The summed E-state index contributed by atoms with van der Waals surface area (Å²) < 4.78 is 27.9. The Morgan fingerprint density at radius 1 is 1.00 bits per heavy atom. The molecule has 0 aromatic heterocycles. The lowest BCUT2D eigenvalue weighted by atomic mass is 10.0. The lowest BCUT2D eigenvalue weighted by Gasteiger charge is -2.07. The second kappa shape index (κ2) is 4.93. The molecule has 2 rings (SSSR count). The third-order valence-corrected chi connectivity index (χ3v) is 3.91. The first-order chi connectivity index (χ1) is 8.90. The van der Waals surface area contributed by atoms with Crippen molar-refractivity contribution < 1.29 is 13.2 Å². The van der Waals surface area contributed by atoms with E-state index in [0.29, 0.717) is 16.3 Å². The third kappa shape index (κ3) is 3.06. The van der Waals surface area contributed by atoms with E-state index >= 15 is 0 Å². The molecule has 0 aliphatic carbocycles. The summed E-state index contributed by atoms with van der Waals surface area (Å²) in [5, 5.41) is 0. The molecule has 0 unspecified atom stereocenters. The molecule has 0 saturated heterocycles. The van der Waals surface area contributed by atoms with Crippen molar-refractivity contribution >= 4 is 15.5 Å². The largest absolute Gasteiger partial charge is 0.497 e. The van der Waals surface area contributed by atoms with Crippen LogP contribution < -0.4 is 10.5 Å². The monoisotopic (exact) mass is 277 g/mol. The van der Waals surface area contributed by atoms with E-state index in [-0.39, 0.29) is 0 Å². The van der Waals surface area contributed by atoms with Gasteiger partial charge >= 0.3 is 0 Å². The lowest BCUT2D eigenvalue weighted by Crippen LogP contribution is -1.96. The molecular formula is C14H15NO3S. The molecule has 0 heterocycles. The first-order valence-corrected chi connectivity index (χ1v) is 7.54. The summed E-state index contributed by atoms with van der Waals surface area (Å²) in [6.45, 7) is 0. The molecule has 0 fully saturated rings. The second-order valence-electron chi connectivity index (χ2n) is 4.29. The van der Waals surface area contributed by atoms with Crippen LogP contribution in [-0.4, -0.2) is 21.8 Å². The Bertz CT molecular complexity index is 691. The highest BCUT2D eigenvalue weighted by molar-refractivity contribution is 7.90. The van der Waals surface area contributed by atoms with E-state index in [4.69, 9.17) is 10.5 Å². The molecule has 0 aliphatic rings. The zero-order valence-electron chi connectivity index (χ0n) is 10.8. The molecule has 0 saturated carbocycles. The molecule has 4 nitrogen and oxygen atoms in total. The SMILES string of the molecule is COc1cc(N)cc(-c2ccc(S(C)(=O)=O)cc2)c1. The number of rotatable bonds is 3. The number of nitrogens with two attached hydrogens (primary N) is 1. The molecule has 2 N–H and O–H groups in total. The zero-order chi connectivity index (χ0) is 14.0. The van der Waals surface area contributed by atoms with Gasteiger partial charge in [0.2, 0.25) is 0 Å². The maximum absolute atomic E-state index is 11.4. The number of benzene rings is 2. The number of anilines is 1. The van der Waals surface area contributed by atoms with Crippen LogP contribution in [0.25, 0.3) is 11.1 Å². The molecule has 0 spiro atoms. The van der Waals surface area contributed by atoms with E-state index in [1.807, 2.05) is 12.1 Å². The molecular weight excluding hydrogens is 262 g/mol. The number of methoxy groups -OCH3 is 1. The molecule has 2 aromatic carbocycles. The predicted molar refractivity (Wildman–Crippen MR) is 76.0 cm³/mol. The van der Waals surface area contributed by atoms with E-state index in [2.05, 4.69) is 0 Å². The molecule has 19 heavy (non-hydrogen) atoms. The first kappa shape index (κ1) is 13.4. The molecule has 2 aromatic rings. The predicted octanol–water partition coefficient (Wildman–Crippen LogP) is 2.35. The summed E-state index contributed by atoms with van der Waals surface area (Å²) in [6, 6.07) is 12.1. The van der Waals surface area contributed by atoms with Crippen LogP contribution in [0.1, 0.15) is 0 Å². The Hall–Kier alpha value is -2.01. The summed E-state index contributed by atoms with van der Waals surface area (Å²) in [7, 11) is -1.60. The van der Waals surface area contributed by atoms with Gasteiger partial charge in [0.25, 0.3) is 0 Å². The van der Waals surface area contributed by atoms with Crippen LogP contribution in [0.4, 0.5) is 5.69 Å². The number of sulfone groups is 1. The minimum absolute atomic E-state index is 0.298. The quantitative estimate of drug-likeness (QED) is 0.874. The normalized spacial score (nSPS) is 11.3. The standard InChI is InChI=1S/C14H15NO3S/c1-18-13-8-11(7-12(15)9-13)10-3-5-14(6-4-10)19(2,16)17/h3-9H,15H2,1-2H3. The summed E-state index contributed by atoms with van der Waals surface area (Å²) in [4.78, 5) is 0.298. The lowest BCUT2D eigenvalue weighted by molar-refractivity contribution is 0.415. The molecule has 0 bridgehead atoms. The molecule has 100 valence electrons. The van der Waals surface area contributed by atoms with Crippen LogP contribution in [0.3, 0.4) is 0 Å². The first-order valence-electron chi connectivity index (χ1n) is 5.65. The minimum atomic E-state index is -3.17. The molecule has 0 radical (unpaired) electrons. The van der Waals surface area contributed by atoms with Crippen molar-refractivity contribution in [1.82, 2.24) is 0 Å². The number of hydrogen-bond donors (Lipinski definition) is 1. The zero-order valence-corrected chi connectivity index (χ0v) is 11.6. The van der Waals surface area contributed by atoms with Gasteiger partial charge in [-0.25, -0.2) is 8.42 Å². The van der Waals surface area contributed by atoms with Crippen LogP contribution in [0.15, 0.2) is 47.4 Å². The Kier molecular flexibility index (Phi) is 3.48. The fourth-order valence-corrected chi connectivity index (χ4v) is 2.43. The molecule has 0 aliphatic heterocycles. The van der Waals surface area contributed by atoms with Crippen LogP contribution in [0.2, 0.25) is 0 Å². The summed E-state index contributed by atoms with van der Waals surface area (Å²) in [5.41, 5.74) is 8.17. The fourth-order valence-electron chi connectivity index (χ4n) is 1.80. The fraction of sp³-hybridized carbons (Fsp3) is 0.143. The van der Waals surface area contributed by atoms with Crippen LogP contribution in [-0.2, 0) is 9.84 Å². The highest BCUT2D eigenvalue weighted by atomic mass is 32.2. The Morgan fingerprint density at radius 2 is 1.63 bits per heavy atom. The Labute approximate surface area is 112 Å². The van der Waals surface area contributed by atoms with Crippen molar-refractivity contribution in [2.24, 2.45) is 0 Å². The maximum Gasteiger partial charge on any atom is 0.175 e. The van der Waals surface area contributed by atoms with Crippen molar-refractivity contribution in [3.8, 4) is 16.9 Å². The number of ether oxygens (including phenoxy) is 1. The van der Waals surface area contributed by atoms with Gasteiger partial charge in [-0.3, -0.25) is 0 Å². The molecule has 0 amide bonds. The summed E-state index contributed by atoms with van der Waals surface area (Å²) >= 11 is 0. The van der Waals surface area contributed by atoms with E-state index in [0.717, 1.165) is 11.1 Å². The summed E-state index contributed by atoms with van der Waals surface area (Å²) in [5.74, 6) is 0.669. The number of nitrogen functional groups attached to an aromatic ring is 1. The van der Waals surface area contributed by atoms with Gasteiger partial charge < -0.3 is 10.5 Å². The van der Waals surface area contributed by atoms with E-state index in [1.165, 1.54) is 6.26 Å². The Balaban J connectivity index is 2.45. The smallest absolute Gasteiger partial charge is 0.175 e. The van der Waals surface area contributed by atoms with Gasteiger partial charge in [0.15, 0.2) is 9.84 Å². The van der Waals surface area contributed by atoms with Gasteiger partial charge in [-0.1, -0.05) is 12.1 Å². The van der Waals surface area contributed by atoms with Crippen LogP contribution >= 0.6 is 0 Å². The van der Waals surface area contributed by atoms with Crippen molar-refractivity contribution in [2.75, 3.05) is 19.1 Å². The van der Waals surface area contributed by atoms with Gasteiger partial charge in [-0.15, -0.1) is 0 Å². The summed E-state index contributed by atoms with van der Waals surface area (Å²) in [6.07, 6.45) is 1.19. The highest BCUT2D eigenvalue weighted by Gasteiger charge is 2.07. The second-order valence-corrected chi connectivity index (χ2v) is 6.31. The Morgan fingerprint density at radius 3 is 2.16 bits per heavy atom. The maximum atomic E-state index is 11.4. The topological polar surface area (TPSA) is 69.4 Å². The van der Waals surface area contributed by atoms with Gasteiger partial charge in [0.1, 0.15) is 5.75 Å². The van der Waals surface area contributed by atoms with E-state index in [9.17, 15) is 8.42 Å². The van der Waals surface area contributed by atoms with Crippen LogP contribution in [0.5, 0.6) is 5.75 Å². The highest BCUT2D eigenvalue weighted by Crippen LogP contribution is 2.27. The molecule has 5 heteroatoms. The minimum Gasteiger partial charge on any atom is -0.497 e. The third-order valence-electron chi connectivity index (χ3n) is 2.78. The van der Waals surface area contributed by atoms with E-state index < -0.39 is 9.84 Å². The van der Waals surface area contributed by atoms with Gasteiger partial charge in [-0.05, 0) is 35.4 Å². The average Bonchev–Trinajstić information content (AvgIpc) is 2.37. The van der Waals surface area contributed by atoms with E-state index in [1.54, 1.807) is 37.4 Å². The van der Waals surface area contributed by atoms with Crippen molar-refractivity contribution in [1.29, 1.82) is 0 Å². The average molecular weight is 277 g/mol.